The lowest BCUT2D eigenvalue weighted by Gasteiger charge is -2.20. The molecular weight excluding hydrogens is 533 g/mol. The first-order chi connectivity index (χ1) is 19.4. The van der Waals surface area contributed by atoms with Crippen LogP contribution in [0.3, 0.4) is 0 Å². The molecule has 0 aliphatic carbocycles. The summed E-state index contributed by atoms with van der Waals surface area (Å²) in [5.74, 6) is 0. The molecule has 2 rings (SSSR count). The third-order valence-electron chi connectivity index (χ3n) is 6.83. The first-order valence-electron chi connectivity index (χ1n) is 14.9. The number of aromatic nitrogens is 2. The molecule has 1 aliphatic rings. The van der Waals surface area contributed by atoms with Crippen LogP contribution < -0.4 is 11.2 Å². The molecule has 0 saturated carbocycles. The molecule has 0 aromatic carbocycles. The van der Waals surface area contributed by atoms with Crippen molar-refractivity contribution in [3.63, 3.8) is 0 Å². The Morgan fingerprint density at radius 2 is 1.48 bits per heavy atom. The second kappa shape index (κ2) is 20.0. The van der Waals surface area contributed by atoms with Gasteiger partial charge >= 0.3 is 13.5 Å². The second-order valence-electron chi connectivity index (χ2n) is 10.3. The molecule has 226 valence electrons. The molecule has 11 heteroatoms. The fraction of sp³-hybridized carbons (Fsp3) is 0.759. The first-order valence-corrected chi connectivity index (χ1v) is 16.4. The number of rotatable bonds is 23. The van der Waals surface area contributed by atoms with Gasteiger partial charge in [-0.05, 0) is 19.4 Å². The Kier molecular flexibility index (Phi) is 17.1. The van der Waals surface area contributed by atoms with E-state index in [1.807, 2.05) is 6.07 Å². The van der Waals surface area contributed by atoms with Crippen molar-refractivity contribution in [3.8, 4) is 6.07 Å². The van der Waals surface area contributed by atoms with Gasteiger partial charge in [0.25, 0.3) is 5.56 Å². The Bertz CT molecular complexity index is 1080. The molecule has 0 amide bonds. The summed E-state index contributed by atoms with van der Waals surface area (Å²) < 4.78 is 36.5. The number of aromatic amines is 1. The number of hydrogen-bond donors (Lipinski definition) is 1. The maximum absolute atomic E-state index is 13.1. The van der Waals surface area contributed by atoms with Crippen molar-refractivity contribution < 1.29 is 22.9 Å². The third kappa shape index (κ3) is 13.6. The van der Waals surface area contributed by atoms with Crippen molar-refractivity contribution >= 4 is 7.82 Å². The largest absolute Gasteiger partial charge is 0.474 e. The molecule has 0 bridgehead atoms. The summed E-state index contributed by atoms with van der Waals surface area (Å²) in [5, 5.41) is 8.80. The Morgan fingerprint density at radius 3 is 2.08 bits per heavy atom. The van der Waals surface area contributed by atoms with Gasteiger partial charge in [-0.25, -0.2) is 9.36 Å². The van der Waals surface area contributed by atoms with Gasteiger partial charge in [0.15, 0.2) is 6.23 Å². The molecule has 0 fully saturated rings. The number of nitrogens with zero attached hydrogens (tertiary/aromatic N) is 2. The Labute approximate surface area is 238 Å². The number of nitriles is 1. The van der Waals surface area contributed by atoms with Gasteiger partial charge in [-0.2, -0.15) is 5.26 Å². The van der Waals surface area contributed by atoms with E-state index in [9.17, 15) is 14.2 Å². The molecule has 10 nitrogen and oxygen atoms in total. The van der Waals surface area contributed by atoms with E-state index >= 15 is 0 Å². The molecule has 0 radical (unpaired) electrons. The molecule has 1 unspecified atom stereocenters. The van der Waals surface area contributed by atoms with Gasteiger partial charge in [0.2, 0.25) is 0 Å². The minimum absolute atomic E-state index is 0.0615. The van der Waals surface area contributed by atoms with Gasteiger partial charge in [0.1, 0.15) is 6.10 Å². The van der Waals surface area contributed by atoms with E-state index in [0.29, 0.717) is 5.56 Å². The van der Waals surface area contributed by atoms with Gasteiger partial charge in [-0.3, -0.25) is 27.9 Å². The van der Waals surface area contributed by atoms with E-state index in [-0.39, 0.29) is 26.2 Å². The first kappa shape index (κ1) is 34.2. The molecular formula is C29H48N3O7P. The number of phosphoric acid groups is 1. The van der Waals surface area contributed by atoms with E-state index in [4.69, 9.17) is 23.6 Å². The zero-order valence-corrected chi connectivity index (χ0v) is 25.2. The number of aryl methyl sites for hydroxylation is 1. The summed E-state index contributed by atoms with van der Waals surface area (Å²) in [6.45, 7) is 3.89. The van der Waals surface area contributed by atoms with Crippen LogP contribution in [0.1, 0.15) is 115 Å². The SMILES string of the molecule is CCCCCCCCCCCCCCCCOP(=O)(OCCC#N)OC[C@@H]1C=C[C@H](n2cc(C)c(=O)[nH]c2=O)O1. The van der Waals surface area contributed by atoms with Crippen molar-refractivity contribution in [3.05, 3.63) is 44.8 Å². The van der Waals surface area contributed by atoms with Crippen LogP contribution in [0.4, 0.5) is 0 Å². The van der Waals surface area contributed by atoms with Crippen LogP contribution in [-0.2, 0) is 22.9 Å². The molecule has 1 aromatic heterocycles. The van der Waals surface area contributed by atoms with Crippen LogP contribution in [-0.4, -0.2) is 35.5 Å². The molecule has 2 heterocycles. The van der Waals surface area contributed by atoms with Crippen molar-refractivity contribution in [1.82, 2.24) is 9.55 Å². The summed E-state index contributed by atoms with van der Waals surface area (Å²) in [5.41, 5.74) is -0.660. The molecule has 1 aromatic rings. The highest BCUT2D eigenvalue weighted by molar-refractivity contribution is 7.48. The highest BCUT2D eigenvalue weighted by Gasteiger charge is 2.30. The van der Waals surface area contributed by atoms with E-state index in [0.717, 1.165) is 19.3 Å². The average molecular weight is 582 g/mol. The average Bonchev–Trinajstić information content (AvgIpc) is 3.41. The number of unbranched alkanes of at least 4 members (excludes halogenated alkanes) is 13. The number of nitrogens with one attached hydrogen (secondary N) is 1. The zero-order valence-electron chi connectivity index (χ0n) is 24.3. The summed E-state index contributed by atoms with van der Waals surface area (Å²) in [7, 11) is -3.88. The van der Waals surface area contributed by atoms with Gasteiger partial charge in [-0.15, -0.1) is 0 Å². The Balaban J connectivity index is 1.63. The highest BCUT2D eigenvalue weighted by Crippen LogP contribution is 2.50. The number of ether oxygens (including phenoxy) is 1. The van der Waals surface area contributed by atoms with Crippen LogP contribution >= 0.6 is 7.82 Å². The second-order valence-corrected chi connectivity index (χ2v) is 12.0. The van der Waals surface area contributed by atoms with Crippen molar-refractivity contribution in [2.75, 3.05) is 19.8 Å². The number of H-pyrrole nitrogens is 1. The monoisotopic (exact) mass is 581 g/mol. The molecule has 0 saturated heterocycles. The molecule has 1 aliphatic heterocycles. The Morgan fingerprint density at radius 1 is 0.900 bits per heavy atom. The Hall–Kier alpha value is -2.02. The molecule has 1 N–H and O–H groups in total. The van der Waals surface area contributed by atoms with Gasteiger partial charge in [0.05, 0.1) is 32.3 Å². The predicted octanol–water partition coefficient (Wildman–Crippen LogP) is 6.85. The van der Waals surface area contributed by atoms with Crippen LogP contribution in [0, 0.1) is 18.3 Å². The minimum atomic E-state index is -3.88. The highest BCUT2D eigenvalue weighted by atomic mass is 31.2. The lowest BCUT2D eigenvalue weighted by Crippen LogP contribution is -2.33. The van der Waals surface area contributed by atoms with E-state index in [1.54, 1.807) is 19.1 Å². The van der Waals surface area contributed by atoms with Crippen LogP contribution in [0.15, 0.2) is 27.9 Å². The number of phosphoric ester groups is 1. The summed E-state index contributed by atoms with van der Waals surface area (Å²) in [6.07, 6.45) is 20.9. The maximum atomic E-state index is 13.1. The van der Waals surface area contributed by atoms with Crippen LogP contribution in [0.5, 0.6) is 0 Å². The van der Waals surface area contributed by atoms with Crippen molar-refractivity contribution in [2.24, 2.45) is 0 Å². The molecule has 40 heavy (non-hydrogen) atoms. The van der Waals surface area contributed by atoms with Crippen LogP contribution in [0.25, 0.3) is 0 Å². The molecule has 0 spiro atoms. The summed E-state index contributed by atoms with van der Waals surface area (Å²) >= 11 is 0. The van der Waals surface area contributed by atoms with E-state index in [2.05, 4.69) is 11.9 Å². The fourth-order valence-corrected chi connectivity index (χ4v) is 5.69. The summed E-state index contributed by atoms with van der Waals surface area (Å²) in [4.78, 5) is 26.0. The van der Waals surface area contributed by atoms with Crippen molar-refractivity contribution in [2.45, 2.75) is 122 Å². The maximum Gasteiger partial charge on any atom is 0.474 e. The van der Waals surface area contributed by atoms with Gasteiger partial charge < -0.3 is 4.74 Å². The lowest BCUT2D eigenvalue weighted by molar-refractivity contribution is -0.0148. The third-order valence-corrected chi connectivity index (χ3v) is 8.30. The zero-order chi connectivity index (χ0) is 29.1. The quantitative estimate of drug-likeness (QED) is 0.0843. The topological polar surface area (TPSA) is 133 Å². The van der Waals surface area contributed by atoms with E-state index in [1.165, 1.54) is 81.4 Å². The predicted molar refractivity (Wildman–Crippen MR) is 155 cm³/mol. The van der Waals surface area contributed by atoms with Gasteiger partial charge in [-0.1, -0.05) is 96.5 Å². The lowest BCUT2D eigenvalue weighted by atomic mass is 10.0. The minimum Gasteiger partial charge on any atom is -0.344 e. The summed E-state index contributed by atoms with van der Waals surface area (Å²) in [6, 6.07) is 1.95. The number of hydrogen-bond acceptors (Lipinski definition) is 8. The van der Waals surface area contributed by atoms with Crippen molar-refractivity contribution in [1.29, 1.82) is 5.26 Å². The standard InChI is InChI=1S/C29H48N3O7P/c1-3-4-5-6-7-8-9-10-11-12-13-14-15-16-21-36-40(35,37-22-17-20-30)38-24-26-18-19-27(39-26)32-23-25(2)28(33)31-29(32)34/h18-19,23,26-27H,3-17,21-22,24H2,1-2H3,(H,31,33,34)/t26-,27+,40?/m0/s1. The normalized spacial score (nSPS) is 18.1. The smallest absolute Gasteiger partial charge is 0.344 e. The fourth-order valence-electron chi connectivity index (χ4n) is 4.47. The van der Waals surface area contributed by atoms with Gasteiger partial charge in [0, 0.05) is 11.8 Å². The van der Waals surface area contributed by atoms with E-state index < -0.39 is 31.4 Å². The molecule has 3 atom stereocenters. The van der Waals surface area contributed by atoms with Crippen LogP contribution in [0.2, 0.25) is 0 Å².